The van der Waals surface area contributed by atoms with E-state index in [0.717, 1.165) is 0 Å². The summed E-state index contributed by atoms with van der Waals surface area (Å²) in [5.41, 5.74) is 0. The molecule has 0 radical (unpaired) electrons. The Morgan fingerprint density at radius 3 is 2.25 bits per heavy atom. The average molecular weight is 112 g/mol. The number of Topliss-reactive ketones (excluding diaryl/α,β-unsaturated/α-hetero) is 2. The minimum absolute atomic E-state index is 0.00231. The summed E-state index contributed by atoms with van der Waals surface area (Å²) in [6.07, 6.45) is 0.653. The molecule has 1 aliphatic rings. The van der Waals surface area contributed by atoms with E-state index in [1.807, 2.05) is 0 Å². The molecule has 0 amide bonds. The van der Waals surface area contributed by atoms with Gasteiger partial charge < -0.3 is 0 Å². The Bertz CT molecular complexity index is 137. The lowest BCUT2D eigenvalue weighted by Gasteiger charge is -1.89. The summed E-state index contributed by atoms with van der Waals surface area (Å²) in [4.78, 5) is 21.0. The Labute approximate surface area is 47.9 Å². The number of hydrogen-bond donors (Lipinski definition) is 0. The molecule has 1 rings (SSSR count). The van der Waals surface area contributed by atoms with Crippen LogP contribution >= 0.6 is 0 Å². The molecule has 0 spiro atoms. The van der Waals surface area contributed by atoms with E-state index in [0.29, 0.717) is 6.42 Å². The van der Waals surface area contributed by atoms with E-state index in [1.54, 1.807) is 6.92 Å². The van der Waals surface area contributed by atoms with Crippen molar-refractivity contribution in [2.45, 2.75) is 19.8 Å². The number of rotatable bonds is 0. The normalized spacial score (nSPS) is 29.4. The highest BCUT2D eigenvalue weighted by Crippen LogP contribution is 2.16. The number of ketones is 2. The van der Waals surface area contributed by atoms with E-state index in [1.165, 1.54) is 0 Å². The maximum Gasteiger partial charge on any atom is 0.143 e. The monoisotopic (exact) mass is 112 g/mol. The molecule has 1 atom stereocenters. The van der Waals surface area contributed by atoms with Gasteiger partial charge in [-0.1, -0.05) is 6.92 Å². The molecule has 2 nitrogen and oxygen atoms in total. The second-order valence-electron chi connectivity index (χ2n) is 2.29. The van der Waals surface area contributed by atoms with Gasteiger partial charge in [-0.2, -0.15) is 0 Å². The van der Waals surface area contributed by atoms with E-state index in [-0.39, 0.29) is 23.9 Å². The van der Waals surface area contributed by atoms with Gasteiger partial charge in [-0.25, -0.2) is 0 Å². The van der Waals surface area contributed by atoms with Gasteiger partial charge in [0.15, 0.2) is 0 Å². The lowest BCUT2D eigenvalue weighted by Crippen LogP contribution is -1.98. The molecule has 0 aromatic heterocycles. The summed E-state index contributed by atoms with van der Waals surface area (Å²) < 4.78 is 0. The van der Waals surface area contributed by atoms with Gasteiger partial charge in [0.05, 0.1) is 6.42 Å². The summed E-state index contributed by atoms with van der Waals surface area (Å²) >= 11 is 0. The number of carbonyl (C=O) groups is 2. The van der Waals surface area contributed by atoms with Crippen molar-refractivity contribution in [2.24, 2.45) is 5.92 Å². The molecule has 0 aromatic carbocycles. The second-order valence-corrected chi connectivity index (χ2v) is 2.29. The smallest absolute Gasteiger partial charge is 0.143 e. The highest BCUT2D eigenvalue weighted by Gasteiger charge is 2.26. The van der Waals surface area contributed by atoms with Crippen LogP contribution in [0.5, 0.6) is 0 Å². The van der Waals surface area contributed by atoms with Crippen LogP contribution in [0.2, 0.25) is 0 Å². The maximum absolute atomic E-state index is 10.6. The number of hydrogen-bond acceptors (Lipinski definition) is 2. The van der Waals surface area contributed by atoms with Crippen LogP contribution < -0.4 is 0 Å². The van der Waals surface area contributed by atoms with E-state index >= 15 is 0 Å². The van der Waals surface area contributed by atoms with Gasteiger partial charge in [-0.3, -0.25) is 9.59 Å². The highest BCUT2D eigenvalue weighted by atomic mass is 16.2. The van der Waals surface area contributed by atoms with Crippen molar-refractivity contribution in [2.75, 3.05) is 0 Å². The Kier molecular flexibility index (Phi) is 1.16. The highest BCUT2D eigenvalue weighted by molar-refractivity contribution is 6.06. The molecule has 44 valence electrons. The second kappa shape index (κ2) is 1.69. The standard InChI is InChI=1S/C6H8O2/c1-4-2-5(7)3-6(4)8/h4H,2-3H2,1H3. The summed E-state index contributed by atoms with van der Waals surface area (Å²) in [6.45, 7) is 1.80. The fourth-order valence-electron chi connectivity index (χ4n) is 0.896. The van der Waals surface area contributed by atoms with Gasteiger partial charge >= 0.3 is 0 Å². The molecule has 0 aromatic rings. The van der Waals surface area contributed by atoms with Crippen molar-refractivity contribution in [1.29, 1.82) is 0 Å². The predicted octanol–water partition coefficient (Wildman–Crippen LogP) is 0.554. The van der Waals surface area contributed by atoms with Crippen LogP contribution in [0.25, 0.3) is 0 Å². The van der Waals surface area contributed by atoms with Crippen molar-refractivity contribution >= 4 is 11.6 Å². The minimum Gasteiger partial charge on any atom is -0.299 e. The molecule has 1 saturated carbocycles. The largest absolute Gasteiger partial charge is 0.299 e. The van der Waals surface area contributed by atoms with E-state index in [2.05, 4.69) is 0 Å². The van der Waals surface area contributed by atoms with Gasteiger partial charge in [0.1, 0.15) is 11.6 Å². The zero-order valence-corrected chi connectivity index (χ0v) is 4.81. The fourth-order valence-corrected chi connectivity index (χ4v) is 0.896. The van der Waals surface area contributed by atoms with Gasteiger partial charge in [-0.15, -0.1) is 0 Å². The zero-order chi connectivity index (χ0) is 6.15. The van der Waals surface area contributed by atoms with Crippen LogP contribution in [0.1, 0.15) is 19.8 Å². The lowest BCUT2D eigenvalue weighted by atomic mass is 10.1. The maximum atomic E-state index is 10.6. The van der Waals surface area contributed by atoms with Crippen LogP contribution in [0.3, 0.4) is 0 Å². The molecular weight excluding hydrogens is 104 g/mol. The van der Waals surface area contributed by atoms with Crippen LogP contribution in [-0.2, 0) is 9.59 Å². The number of carbonyl (C=O) groups excluding carboxylic acids is 2. The average Bonchev–Trinajstić information content (AvgIpc) is 1.85. The van der Waals surface area contributed by atoms with Crippen molar-refractivity contribution in [3.05, 3.63) is 0 Å². The first-order valence-electron chi connectivity index (χ1n) is 2.74. The fraction of sp³-hybridized carbons (Fsp3) is 0.667. The topological polar surface area (TPSA) is 34.1 Å². The molecule has 2 heteroatoms. The van der Waals surface area contributed by atoms with Gasteiger partial charge in [0, 0.05) is 12.3 Å². The third kappa shape index (κ3) is 0.782. The Hall–Kier alpha value is -0.660. The molecule has 1 aliphatic carbocycles. The van der Waals surface area contributed by atoms with Crippen molar-refractivity contribution in [1.82, 2.24) is 0 Å². The Balaban J connectivity index is 2.64. The van der Waals surface area contributed by atoms with E-state index in [4.69, 9.17) is 0 Å². The third-order valence-electron chi connectivity index (χ3n) is 1.45. The quantitative estimate of drug-likeness (QED) is 0.429. The van der Waals surface area contributed by atoms with Crippen LogP contribution in [-0.4, -0.2) is 11.6 Å². The predicted molar refractivity (Wildman–Crippen MR) is 28.4 cm³/mol. The van der Waals surface area contributed by atoms with Gasteiger partial charge in [0.25, 0.3) is 0 Å². The summed E-state index contributed by atoms with van der Waals surface area (Å²) in [5.74, 6) is 0.208. The van der Waals surface area contributed by atoms with E-state index < -0.39 is 0 Å². The summed E-state index contributed by atoms with van der Waals surface area (Å²) in [5, 5.41) is 0. The van der Waals surface area contributed by atoms with Crippen LogP contribution in [0.15, 0.2) is 0 Å². The summed E-state index contributed by atoms with van der Waals surface area (Å²) in [6, 6.07) is 0. The Morgan fingerprint density at radius 1 is 1.50 bits per heavy atom. The lowest BCUT2D eigenvalue weighted by molar-refractivity contribution is -0.122. The molecule has 0 heterocycles. The first-order valence-corrected chi connectivity index (χ1v) is 2.74. The van der Waals surface area contributed by atoms with E-state index in [9.17, 15) is 9.59 Å². The van der Waals surface area contributed by atoms with Crippen molar-refractivity contribution in [3.63, 3.8) is 0 Å². The minimum atomic E-state index is 0.00231. The zero-order valence-electron chi connectivity index (χ0n) is 4.81. The van der Waals surface area contributed by atoms with Crippen molar-refractivity contribution < 1.29 is 9.59 Å². The van der Waals surface area contributed by atoms with Crippen LogP contribution in [0.4, 0.5) is 0 Å². The van der Waals surface area contributed by atoms with Crippen molar-refractivity contribution in [3.8, 4) is 0 Å². The molecule has 0 bridgehead atoms. The summed E-state index contributed by atoms with van der Waals surface area (Å²) in [7, 11) is 0. The first-order chi connectivity index (χ1) is 3.70. The first kappa shape index (κ1) is 5.48. The molecule has 0 aliphatic heterocycles. The van der Waals surface area contributed by atoms with Crippen LogP contribution in [0, 0.1) is 5.92 Å². The Morgan fingerprint density at radius 2 is 2.12 bits per heavy atom. The van der Waals surface area contributed by atoms with Gasteiger partial charge in [0.2, 0.25) is 0 Å². The molecule has 1 unspecified atom stereocenters. The molecule has 1 fully saturated rings. The molecule has 8 heavy (non-hydrogen) atoms. The molecule has 0 N–H and O–H groups in total. The molecular formula is C6H8O2. The third-order valence-corrected chi connectivity index (χ3v) is 1.45. The SMILES string of the molecule is CC1CC(=O)CC1=O. The molecule has 0 saturated heterocycles. The van der Waals surface area contributed by atoms with Gasteiger partial charge in [-0.05, 0) is 0 Å².